The van der Waals surface area contributed by atoms with Crippen molar-refractivity contribution in [2.24, 2.45) is 0 Å². The smallest absolute Gasteiger partial charge is 0.335 e. The molecule has 0 bridgehead atoms. The molecule has 1 fully saturated rings. The number of nitrogens with one attached hydrogen (secondary N) is 2. The van der Waals surface area contributed by atoms with E-state index in [4.69, 9.17) is 5.11 Å². The summed E-state index contributed by atoms with van der Waals surface area (Å²) in [6.45, 7) is 1.69. The monoisotopic (exact) mass is 285 g/mol. The number of anilines is 1. The van der Waals surface area contributed by atoms with E-state index in [9.17, 15) is 9.59 Å². The number of aromatic nitrogens is 2. The zero-order chi connectivity index (χ0) is 15.0. The van der Waals surface area contributed by atoms with Crippen LogP contribution >= 0.6 is 0 Å². The Balaban J connectivity index is 1.74. The number of carbonyl (C=O) groups excluding carboxylic acids is 1. The molecule has 1 heterocycles. The van der Waals surface area contributed by atoms with Crippen LogP contribution in [-0.4, -0.2) is 27.2 Å². The van der Waals surface area contributed by atoms with Gasteiger partial charge in [-0.15, -0.1) is 0 Å². The van der Waals surface area contributed by atoms with E-state index in [0.29, 0.717) is 22.9 Å². The Bertz CT molecular complexity index is 717. The molecule has 108 valence electrons. The van der Waals surface area contributed by atoms with Crippen molar-refractivity contribution in [2.45, 2.75) is 25.7 Å². The summed E-state index contributed by atoms with van der Waals surface area (Å²) < 4.78 is 0. The molecule has 1 saturated carbocycles. The van der Waals surface area contributed by atoms with Gasteiger partial charge < -0.3 is 10.4 Å². The average molecular weight is 285 g/mol. The molecular weight excluding hydrogens is 270 g/mol. The first kappa shape index (κ1) is 13.4. The Labute approximate surface area is 121 Å². The molecule has 0 unspecified atom stereocenters. The third-order valence-corrected chi connectivity index (χ3v) is 3.56. The molecule has 3 N–H and O–H groups in total. The van der Waals surface area contributed by atoms with E-state index in [1.54, 1.807) is 25.1 Å². The highest BCUT2D eigenvalue weighted by Gasteiger charge is 2.26. The second kappa shape index (κ2) is 5.05. The summed E-state index contributed by atoms with van der Waals surface area (Å²) in [5, 5.41) is 18.6. The van der Waals surface area contributed by atoms with Crippen molar-refractivity contribution in [3.63, 3.8) is 0 Å². The van der Waals surface area contributed by atoms with Crippen LogP contribution < -0.4 is 5.32 Å². The summed E-state index contributed by atoms with van der Waals surface area (Å²) in [6.07, 6.45) is 2.28. The highest BCUT2D eigenvalue weighted by atomic mass is 16.4. The molecule has 0 atom stereocenters. The van der Waals surface area contributed by atoms with Crippen molar-refractivity contribution < 1.29 is 14.7 Å². The minimum absolute atomic E-state index is 0.226. The lowest BCUT2D eigenvalue weighted by Gasteiger charge is -2.06. The van der Waals surface area contributed by atoms with Crippen LogP contribution in [-0.2, 0) is 0 Å². The Hall–Kier alpha value is -2.63. The van der Waals surface area contributed by atoms with Crippen LogP contribution in [0.3, 0.4) is 0 Å². The molecule has 6 heteroatoms. The fourth-order valence-electron chi connectivity index (χ4n) is 2.23. The van der Waals surface area contributed by atoms with Crippen LogP contribution in [0.4, 0.5) is 5.69 Å². The molecule has 0 radical (unpaired) electrons. The van der Waals surface area contributed by atoms with Crippen LogP contribution in [0.15, 0.2) is 24.3 Å². The van der Waals surface area contributed by atoms with Gasteiger partial charge in [-0.05, 0) is 49.6 Å². The number of nitrogens with zero attached hydrogens (tertiary/aromatic N) is 1. The van der Waals surface area contributed by atoms with Crippen molar-refractivity contribution in [1.29, 1.82) is 0 Å². The topological polar surface area (TPSA) is 95.1 Å². The number of rotatable bonds is 4. The molecule has 1 aliphatic carbocycles. The van der Waals surface area contributed by atoms with E-state index in [2.05, 4.69) is 15.5 Å². The average Bonchev–Trinajstić information content (AvgIpc) is 3.16. The Morgan fingerprint density at radius 1 is 1.33 bits per heavy atom. The number of H-pyrrole nitrogens is 1. The van der Waals surface area contributed by atoms with Crippen LogP contribution in [0, 0.1) is 6.92 Å². The second-order valence-corrected chi connectivity index (χ2v) is 5.27. The first-order chi connectivity index (χ1) is 10.0. The lowest BCUT2D eigenvalue weighted by molar-refractivity contribution is 0.0696. The van der Waals surface area contributed by atoms with E-state index in [-0.39, 0.29) is 11.5 Å². The maximum Gasteiger partial charge on any atom is 0.335 e. The van der Waals surface area contributed by atoms with Gasteiger partial charge in [-0.1, -0.05) is 0 Å². The van der Waals surface area contributed by atoms with Crippen LogP contribution in [0.5, 0.6) is 0 Å². The summed E-state index contributed by atoms with van der Waals surface area (Å²) in [4.78, 5) is 23.0. The summed E-state index contributed by atoms with van der Waals surface area (Å²) in [7, 11) is 0. The van der Waals surface area contributed by atoms with Gasteiger partial charge in [-0.3, -0.25) is 9.89 Å². The summed E-state index contributed by atoms with van der Waals surface area (Å²) in [5.41, 5.74) is 2.72. The van der Waals surface area contributed by atoms with E-state index in [1.165, 1.54) is 6.07 Å². The minimum Gasteiger partial charge on any atom is -0.478 e. The molecule has 1 aliphatic rings. The zero-order valence-corrected chi connectivity index (χ0v) is 11.5. The van der Waals surface area contributed by atoms with Crippen LogP contribution in [0.2, 0.25) is 0 Å². The van der Waals surface area contributed by atoms with Gasteiger partial charge in [0.1, 0.15) is 0 Å². The van der Waals surface area contributed by atoms with E-state index in [0.717, 1.165) is 18.5 Å². The fourth-order valence-corrected chi connectivity index (χ4v) is 2.23. The molecule has 0 aliphatic heterocycles. The minimum atomic E-state index is -0.980. The van der Waals surface area contributed by atoms with Crippen molar-refractivity contribution >= 4 is 17.6 Å². The summed E-state index contributed by atoms with van der Waals surface area (Å²) in [5.74, 6) is -0.775. The predicted molar refractivity (Wildman–Crippen MR) is 76.7 cm³/mol. The third-order valence-electron chi connectivity index (χ3n) is 3.56. The third kappa shape index (κ3) is 2.79. The van der Waals surface area contributed by atoms with Gasteiger partial charge >= 0.3 is 5.97 Å². The first-order valence-electron chi connectivity index (χ1n) is 6.75. The van der Waals surface area contributed by atoms with Crippen LogP contribution in [0.1, 0.15) is 50.9 Å². The van der Waals surface area contributed by atoms with Gasteiger partial charge in [0.05, 0.1) is 5.56 Å². The fraction of sp³-hybridized carbons (Fsp3) is 0.267. The van der Waals surface area contributed by atoms with Gasteiger partial charge in [-0.25, -0.2) is 4.79 Å². The highest BCUT2D eigenvalue weighted by molar-refractivity contribution is 6.03. The molecular formula is C15H15N3O3. The molecule has 3 rings (SSSR count). The first-order valence-corrected chi connectivity index (χ1v) is 6.75. The second-order valence-electron chi connectivity index (χ2n) is 5.27. The lowest BCUT2D eigenvalue weighted by atomic mass is 10.1. The van der Waals surface area contributed by atoms with Gasteiger partial charge in [0, 0.05) is 17.3 Å². The largest absolute Gasteiger partial charge is 0.478 e. The number of carboxylic acid groups (broad SMARTS) is 1. The van der Waals surface area contributed by atoms with Gasteiger partial charge in [-0.2, -0.15) is 5.10 Å². The standard InChI is InChI=1S/C15H15N3O3/c1-8-6-10(4-5-11(8)15(20)21)16-14(19)13-7-12(17-18-13)9-2-3-9/h4-7,9H,2-3H2,1H3,(H,16,19)(H,17,18)(H,20,21). The number of aromatic amines is 1. The van der Waals surface area contributed by atoms with E-state index >= 15 is 0 Å². The lowest BCUT2D eigenvalue weighted by Crippen LogP contribution is -2.13. The maximum absolute atomic E-state index is 12.1. The number of amides is 1. The quantitative estimate of drug-likeness (QED) is 0.804. The number of aromatic carboxylic acids is 1. The van der Waals surface area contributed by atoms with E-state index < -0.39 is 5.97 Å². The molecule has 0 saturated heterocycles. The normalized spacial score (nSPS) is 14.0. The number of hydrogen-bond acceptors (Lipinski definition) is 3. The van der Waals surface area contributed by atoms with Gasteiger partial charge in [0.15, 0.2) is 5.69 Å². The Morgan fingerprint density at radius 2 is 2.10 bits per heavy atom. The van der Waals surface area contributed by atoms with Gasteiger partial charge in [0.2, 0.25) is 0 Å². The zero-order valence-electron chi connectivity index (χ0n) is 11.5. The highest BCUT2D eigenvalue weighted by Crippen LogP contribution is 2.39. The number of hydrogen-bond donors (Lipinski definition) is 3. The number of carboxylic acids is 1. The molecule has 1 amide bonds. The number of benzene rings is 1. The summed E-state index contributed by atoms with van der Waals surface area (Å²) in [6, 6.07) is 6.46. The Kier molecular flexibility index (Phi) is 3.21. The predicted octanol–water partition coefficient (Wildman–Crippen LogP) is 2.55. The molecule has 1 aromatic carbocycles. The molecule has 1 aromatic heterocycles. The van der Waals surface area contributed by atoms with Crippen molar-refractivity contribution in [1.82, 2.24) is 10.2 Å². The number of aryl methyl sites for hydroxylation is 1. The SMILES string of the molecule is Cc1cc(NC(=O)c2cc(C3CC3)[nH]n2)ccc1C(=O)O. The van der Waals surface area contributed by atoms with Crippen LogP contribution in [0.25, 0.3) is 0 Å². The van der Waals surface area contributed by atoms with Crippen molar-refractivity contribution in [3.8, 4) is 0 Å². The Morgan fingerprint density at radius 3 is 2.71 bits per heavy atom. The maximum atomic E-state index is 12.1. The van der Waals surface area contributed by atoms with Crippen molar-refractivity contribution in [2.75, 3.05) is 5.32 Å². The molecule has 2 aromatic rings. The number of carbonyl (C=O) groups is 2. The molecule has 6 nitrogen and oxygen atoms in total. The van der Waals surface area contributed by atoms with Gasteiger partial charge in [0.25, 0.3) is 5.91 Å². The molecule has 0 spiro atoms. The van der Waals surface area contributed by atoms with E-state index in [1.807, 2.05) is 0 Å². The molecule has 21 heavy (non-hydrogen) atoms. The van der Waals surface area contributed by atoms with Crippen molar-refractivity contribution in [3.05, 3.63) is 46.8 Å². The summed E-state index contributed by atoms with van der Waals surface area (Å²) >= 11 is 0.